The minimum Gasteiger partial charge on any atom is -0.306 e. The second-order valence-corrected chi connectivity index (χ2v) is 3.57. The lowest BCUT2D eigenvalue weighted by Crippen LogP contribution is -1.92. The smallest absolute Gasteiger partial charge is 0.160 e. The number of hydrogen-bond acceptors (Lipinski definition) is 1. The van der Waals surface area contributed by atoms with Crippen molar-refractivity contribution in [1.82, 2.24) is 9.55 Å². The average molecular weight is 273 g/mol. The predicted octanol–water partition coefficient (Wildman–Crippen LogP) is 3.05. The zero-order chi connectivity index (χ0) is 10.8. The van der Waals surface area contributed by atoms with Crippen molar-refractivity contribution in [3.63, 3.8) is 0 Å². The summed E-state index contributed by atoms with van der Waals surface area (Å²) in [4.78, 5) is 4.06. The number of nitrogens with zero attached hydrogens (tertiary/aromatic N) is 2. The van der Waals surface area contributed by atoms with E-state index in [0.717, 1.165) is 17.8 Å². The van der Waals surface area contributed by atoms with Crippen molar-refractivity contribution in [2.45, 2.75) is 5.33 Å². The van der Waals surface area contributed by atoms with Gasteiger partial charge < -0.3 is 4.57 Å². The van der Waals surface area contributed by atoms with Crippen molar-refractivity contribution in [3.05, 3.63) is 48.1 Å². The topological polar surface area (TPSA) is 17.8 Å². The van der Waals surface area contributed by atoms with Gasteiger partial charge in [0.05, 0.1) is 12.0 Å². The molecule has 0 fully saturated rings. The van der Waals surface area contributed by atoms with Crippen LogP contribution < -0.4 is 0 Å². The summed E-state index contributed by atoms with van der Waals surface area (Å²) in [6, 6.07) is 3.73. The maximum Gasteiger partial charge on any atom is 0.160 e. The van der Waals surface area contributed by atoms with Gasteiger partial charge in [0.15, 0.2) is 11.6 Å². The fourth-order valence-corrected chi connectivity index (χ4v) is 1.51. The predicted molar refractivity (Wildman–Crippen MR) is 56.1 cm³/mol. The van der Waals surface area contributed by atoms with E-state index >= 15 is 0 Å². The first-order valence-corrected chi connectivity index (χ1v) is 5.37. The Hall–Kier alpha value is -1.23. The highest BCUT2D eigenvalue weighted by molar-refractivity contribution is 9.08. The number of imidazole rings is 1. The van der Waals surface area contributed by atoms with E-state index in [0.29, 0.717) is 11.0 Å². The molecule has 0 saturated heterocycles. The van der Waals surface area contributed by atoms with E-state index < -0.39 is 11.6 Å². The molecule has 2 aromatic rings. The second kappa shape index (κ2) is 4.10. The van der Waals surface area contributed by atoms with Gasteiger partial charge in [0.25, 0.3) is 0 Å². The van der Waals surface area contributed by atoms with Crippen molar-refractivity contribution < 1.29 is 8.78 Å². The van der Waals surface area contributed by atoms with Crippen molar-refractivity contribution >= 4 is 15.9 Å². The van der Waals surface area contributed by atoms with Crippen molar-refractivity contribution in [2.24, 2.45) is 0 Å². The van der Waals surface area contributed by atoms with E-state index in [-0.39, 0.29) is 0 Å². The molecule has 2 rings (SSSR count). The Bertz CT molecular complexity index is 482. The van der Waals surface area contributed by atoms with Gasteiger partial charge in [-0.2, -0.15) is 0 Å². The number of hydrogen-bond donors (Lipinski definition) is 0. The number of halogens is 3. The van der Waals surface area contributed by atoms with E-state index in [9.17, 15) is 8.78 Å². The van der Waals surface area contributed by atoms with Crippen LogP contribution in [0.4, 0.5) is 8.78 Å². The van der Waals surface area contributed by atoms with Gasteiger partial charge in [0, 0.05) is 23.3 Å². The molecule has 78 valence electrons. The molecule has 15 heavy (non-hydrogen) atoms. The highest BCUT2D eigenvalue weighted by Gasteiger charge is 2.04. The third-order valence-electron chi connectivity index (χ3n) is 1.97. The van der Waals surface area contributed by atoms with E-state index in [4.69, 9.17) is 0 Å². The maximum absolute atomic E-state index is 12.9. The Balaban J connectivity index is 2.40. The Kier molecular flexibility index (Phi) is 2.81. The third kappa shape index (κ3) is 2.07. The summed E-state index contributed by atoms with van der Waals surface area (Å²) in [5, 5.41) is 0.629. The van der Waals surface area contributed by atoms with Gasteiger partial charge in [-0.25, -0.2) is 13.8 Å². The van der Waals surface area contributed by atoms with Crippen LogP contribution in [0.2, 0.25) is 0 Å². The minimum atomic E-state index is -0.860. The molecule has 1 heterocycles. The molecular formula is C10H7BrF2N2. The van der Waals surface area contributed by atoms with Crippen molar-refractivity contribution in [3.8, 4) is 5.69 Å². The zero-order valence-electron chi connectivity index (χ0n) is 7.62. The standard InChI is InChI=1S/C10H7BrF2N2/c11-4-7-5-15(6-14-7)8-1-2-9(12)10(13)3-8/h1-3,5-6H,4H2. The molecule has 0 bridgehead atoms. The molecule has 0 N–H and O–H groups in total. The molecule has 0 aliphatic carbocycles. The van der Waals surface area contributed by atoms with Gasteiger partial charge in [-0.1, -0.05) is 15.9 Å². The first kappa shape index (κ1) is 10.3. The van der Waals surface area contributed by atoms with Gasteiger partial charge in [-0.15, -0.1) is 0 Å². The first-order chi connectivity index (χ1) is 7.20. The molecule has 0 unspecified atom stereocenters. The van der Waals surface area contributed by atoms with Gasteiger partial charge in [0.2, 0.25) is 0 Å². The Morgan fingerprint density at radius 2 is 2.07 bits per heavy atom. The molecule has 0 spiro atoms. The molecule has 0 atom stereocenters. The molecule has 1 aromatic carbocycles. The lowest BCUT2D eigenvalue weighted by atomic mass is 10.3. The summed E-state index contributed by atoms with van der Waals surface area (Å²) >= 11 is 3.26. The highest BCUT2D eigenvalue weighted by Crippen LogP contribution is 2.14. The summed E-state index contributed by atoms with van der Waals surface area (Å²) in [6.07, 6.45) is 3.31. The van der Waals surface area contributed by atoms with Crippen molar-refractivity contribution in [2.75, 3.05) is 0 Å². The maximum atomic E-state index is 12.9. The lowest BCUT2D eigenvalue weighted by molar-refractivity contribution is 0.508. The highest BCUT2D eigenvalue weighted by atomic mass is 79.9. The number of benzene rings is 1. The van der Waals surface area contributed by atoms with Gasteiger partial charge in [0.1, 0.15) is 0 Å². The van der Waals surface area contributed by atoms with E-state index in [1.165, 1.54) is 6.07 Å². The van der Waals surface area contributed by atoms with Crippen LogP contribution in [0, 0.1) is 11.6 Å². The monoisotopic (exact) mass is 272 g/mol. The average Bonchev–Trinajstić information content (AvgIpc) is 2.70. The van der Waals surface area contributed by atoms with Crippen LogP contribution in [0.3, 0.4) is 0 Å². The van der Waals surface area contributed by atoms with Gasteiger partial charge in [-0.05, 0) is 12.1 Å². The molecule has 1 aromatic heterocycles. The SMILES string of the molecule is Fc1ccc(-n2cnc(CBr)c2)cc1F. The largest absolute Gasteiger partial charge is 0.306 e. The number of alkyl halides is 1. The molecule has 0 amide bonds. The molecule has 0 aliphatic heterocycles. The Morgan fingerprint density at radius 3 is 2.67 bits per heavy atom. The van der Waals surface area contributed by atoms with Crippen LogP contribution in [0.5, 0.6) is 0 Å². The van der Waals surface area contributed by atoms with Crippen LogP contribution >= 0.6 is 15.9 Å². The molecule has 2 nitrogen and oxygen atoms in total. The fourth-order valence-electron chi connectivity index (χ4n) is 1.22. The normalized spacial score (nSPS) is 10.6. The van der Waals surface area contributed by atoms with Gasteiger partial charge >= 0.3 is 0 Å². The Morgan fingerprint density at radius 1 is 1.27 bits per heavy atom. The lowest BCUT2D eigenvalue weighted by Gasteiger charge is -2.01. The summed E-state index contributed by atoms with van der Waals surface area (Å²) in [5.41, 5.74) is 1.38. The first-order valence-electron chi connectivity index (χ1n) is 4.25. The van der Waals surface area contributed by atoms with Crippen LogP contribution in [-0.4, -0.2) is 9.55 Å². The van der Waals surface area contributed by atoms with Crippen LogP contribution in [0.1, 0.15) is 5.69 Å². The van der Waals surface area contributed by atoms with E-state index in [2.05, 4.69) is 20.9 Å². The molecular weight excluding hydrogens is 266 g/mol. The third-order valence-corrected chi connectivity index (χ3v) is 2.55. The Labute approximate surface area is 93.7 Å². The zero-order valence-corrected chi connectivity index (χ0v) is 9.21. The summed E-state index contributed by atoms with van der Waals surface area (Å²) in [7, 11) is 0. The summed E-state index contributed by atoms with van der Waals surface area (Å²) < 4.78 is 27.3. The fraction of sp³-hybridized carbons (Fsp3) is 0.100. The summed E-state index contributed by atoms with van der Waals surface area (Å²) in [5.74, 6) is -1.71. The summed E-state index contributed by atoms with van der Waals surface area (Å²) in [6.45, 7) is 0. The quantitative estimate of drug-likeness (QED) is 0.769. The molecule has 0 aliphatic rings. The number of rotatable bonds is 2. The van der Waals surface area contributed by atoms with Crippen LogP contribution in [0.25, 0.3) is 5.69 Å². The molecule has 5 heteroatoms. The van der Waals surface area contributed by atoms with Crippen molar-refractivity contribution in [1.29, 1.82) is 0 Å². The van der Waals surface area contributed by atoms with Crippen LogP contribution in [0.15, 0.2) is 30.7 Å². The van der Waals surface area contributed by atoms with E-state index in [1.54, 1.807) is 17.1 Å². The minimum absolute atomic E-state index is 0.550. The van der Waals surface area contributed by atoms with Crippen LogP contribution in [-0.2, 0) is 5.33 Å². The van der Waals surface area contributed by atoms with E-state index in [1.807, 2.05) is 0 Å². The van der Waals surface area contributed by atoms with Gasteiger partial charge in [-0.3, -0.25) is 0 Å². The molecule has 0 radical (unpaired) electrons. The second-order valence-electron chi connectivity index (χ2n) is 3.00. The molecule has 0 saturated carbocycles. The number of aromatic nitrogens is 2.